The molecule has 116 valence electrons. The topological polar surface area (TPSA) is 45.2 Å². The van der Waals surface area contributed by atoms with Gasteiger partial charge in [0.1, 0.15) is 12.1 Å². The van der Waals surface area contributed by atoms with E-state index in [1.54, 1.807) is 12.5 Å². The molecule has 0 saturated carbocycles. The van der Waals surface area contributed by atoms with Gasteiger partial charge in [-0.25, -0.2) is 9.97 Å². The number of hydrogen-bond acceptors (Lipinski definition) is 5. The van der Waals surface area contributed by atoms with Crippen LogP contribution in [0, 0.1) is 0 Å². The van der Waals surface area contributed by atoms with E-state index in [-0.39, 0.29) is 0 Å². The minimum atomic E-state index is 0.521. The molecule has 1 saturated heterocycles. The quantitative estimate of drug-likeness (QED) is 0.845. The predicted molar refractivity (Wildman–Crippen MR) is 87.8 cm³/mol. The van der Waals surface area contributed by atoms with E-state index in [0.29, 0.717) is 6.04 Å². The van der Waals surface area contributed by atoms with Gasteiger partial charge in [-0.1, -0.05) is 6.07 Å². The summed E-state index contributed by atoms with van der Waals surface area (Å²) in [6.45, 7) is 3.35. The summed E-state index contributed by atoms with van der Waals surface area (Å²) in [5.41, 5.74) is 1.17. The standard InChI is InChI=1S/C17H23N5/c1-21(17-7-10-18-14-20-17)16-6-4-11-22(13-16)12-8-15-5-2-3-9-19-15/h2-3,5,7,9-10,14,16H,4,6,8,11-13H2,1H3. The Kier molecular flexibility index (Phi) is 4.96. The molecule has 2 aromatic heterocycles. The maximum Gasteiger partial charge on any atom is 0.131 e. The van der Waals surface area contributed by atoms with Crippen LogP contribution in [0.25, 0.3) is 0 Å². The highest BCUT2D eigenvalue weighted by Crippen LogP contribution is 2.19. The number of nitrogens with zero attached hydrogens (tertiary/aromatic N) is 5. The Morgan fingerprint density at radius 3 is 2.95 bits per heavy atom. The zero-order valence-electron chi connectivity index (χ0n) is 13.1. The van der Waals surface area contributed by atoms with Gasteiger partial charge >= 0.3 is 0 Å². The molecule has 0 radical (unpaired) electrons. The molecule has 1 atom stereocenters. The molecule has 22 heavy (non-hydrogen) atoms. The zero-order chi connectivity index (χ0) is 15.2. The molecular weight excluding hydrogens is 274 g/mol. The van der Waals surface area contributed by atoms with Gasteiger partial charge in [-0.2, -0.15) is 0 Å². The van der Waals surface area contributed by atoms with Crippen LogP contribution in [-0.4, -0.2) is 52.6 Å². The van der Waals surface area contributed by atoms with Crippen LogP contribution >= 0.6 is 0 Å². The fourth-order valence-electron chi connectivity index (χ4n) is 3.05. The molecule has 0 aliphatic carbocycles. The van der Waals surface area contributed by atoms with E-state index in [9.17, 15) is 0 Å². The highest BCUT2D eigenvalue weighted by molar-refractivity contribution is 5.36. The number of piperidine rings is 1. The SMILES string of the molecule is CN(c1ccncn1)C1CCCN(CCc2ccccn2)C1. The van der Waals surface area contributed by atoms with E-state index in [2.05, 4.69) is 43.9 Å². The molecule has 5 heteroatoms. The number of hydrogen-bond donors (Lipinski definition) is 0. The predicted octanol–water partition coefficient (Wildman–Crippen LogP) is 2.01. The lowest BCUT2D eigenvalue weighted by Crippen LogP contribution is -2.47. The summed E-state index contributed by atoms with van der Waals surface area (Å²) >= 11 is 0. The van der Waals surface area contributed by atoms with Crippen LogP contribution in [-0.2, 0) is 6.42 Å². The van der Waals surface area contributed by atoms with Crippen LogP contribution in [0.1, 0.15) is 18.5 Å². The van der Waals surface area contributed by atoms with Crippen molar-refractivity contribution in [1.82, 2.24) is 19.9 Å². The monoisotopic (exact) mass is 297 g/mol. The number of pyridine rings is 1. The van der Waals surface area contributed by atoms with Crippen molar-refractivity contribution in [3.63, 3.8) is 0 Å². The van der Waals surface area contributed by atoms with Gasteiger partial charge in [-0.05, 0) is 37.6 Å². The molecule has 0 bridgehead atoms. The maximum absolute atomic E-state index is 4.41. The van der Waals surface area contributed by atoms with E-state index < -0.39 is 0 Å². The van der Waals surface area contributed by atoms with Gasteiger partial charge in [0.05, 0.1) is 0 Å². The molecule has 0 spiro atoms. The second-order valence-electron chi connectivity index (χ2n) is 5.85. The molecular formula is C17H23N5. The number of anilines is 1. The molecule has 1 unspecified atom stereocenters. The lowest BCUT2D eigenvalue weighted by Gasteiger charge is -2.38. The van der Waals surface area contributed by atoms with E-state index in [4.69, 9.17) is 0 Å². The van der Waals surface area contributed by atoms with Gasteiger partial charge in [0.15, 0.2) is 0 Å². The van der Waals surface area contributed by atoms with Crippen LogP contribution in [0.4, 0.5) is 5.82 Å². The fourth-order valence-corrected chi connectivity index (χ4v) is 3.05. The summed E-state index contributed by atoms with van der Waals surface area (Å²) in [5, 5.41) is 0. The Morgan fingerprint density at radius 2 is 2.18 bits per heavy atom. The van der Waals surface area contributed by atoms with Gasteiger partial charge < -0.3 is 9.80 Å². The van der Waals surface area contributed by atoms with Crippen LogP contribution < -0.4 is 4.90 Å². The molecule has 1 fully saturated rings. The average Bonchev–Trinajstić information content (AvgIpc) is 2.61. The highest BCUT2D eigenvalue weighted by atomic mass is 15.2. The van der Waals surface area contributed by atoms with E-state index >= 15 is 0 Å². The van der Waals surface area contributed by atoms with Crippen molar-refractivity contribution in [2.75, 3.05) is 31.6 Å². The smallest absolute Gasteiger partial charge is 0.131 e. The molecule has 1 aliphatic heterocycles. The minimum Gasteiger partial charge on any atom is -0.355 e. The molecule has 5 nitrogen and oxygen atoms in total. The Labute approximate surface area is 132 Å². The highest BCUT2D eigenvalue weighted by Gasteiger charge is 2.23. The second-order valence-corrected chi connectivity index (χ2v) is 5.85. The Balaban J connectivity index is 1.55. The first kappa shape index (κ1) is 14.9. The van der Waals surface area contributed by atoms with Crippen molar-refractivity contribution in [3.8, 4) is 0 Å². The maximum atomic E-state index is 4.41. The third-order valence-corrected chi connectivity index (χ3v) is 4.37. The first-order valence-electron chi connectivity index (χ1n) is 7.94. The third kappa shape index (κ3) is 3.80. The summed E-state index contributed by atoms with van der Waals surface area (Å²) in [6, 6.07) is 8.63. The summed E-state index contributed by atoms with van der Waals surface area (Å²) in [7, 11) is 2.13. The van der Waals surface area contributed by atoms with Crippen molar-refractivity contribution >= 4 is 5.82 Å². The van der Waals surface area contributed by atoms with Gasteiger partial charge in [0.2, 0.25) is 0 Å². The Bertz CT molecular complexity index is 560. The normalized spacial score (nSPS) is 19.0. The fraction of sp³-hybridized carbons (Fsp3) is 0.471. The minimum absolute atomic E-state index is 0.521. The van der Waals surface area contributed by atoms with E-state index in [1.165, 1.54) is 25.1 Å². The van der Waals surface area contributed by atoms with Crippen LogP contribution in [0.2, 0.25) is 0 Å². The van der Waals surface area contributed by atoms with Crippen LogP contribution in [0.3, 0.4) is 0 Å². The summed E-state index contributed by atoms with van der Waals surface area (Å²) in [4.78, 5) is 17.6. The summed E-state index contributed by atoms with van der Waals surface area (Å²) < 4.78 is 0. The average molecular weight is 297 g/mol. The lowest BCUT2D eigenvalue weighted by atomic mass is 10.0. The van der Waals surface area contributed by atoms with Crippen molar-refractivity contribution in [3.05, 3.63) is 48.7 Å². The number of likely N-dealkylation sites (tertiary alicyclic amines) is 1. The number of aromatic nitrogens is 3. The van der Waals surface area contributed by atoms with Crippen molar-refractivity contribution in [2.24, 2.45) is 0 Å². The molecule has 0 aromatic carbocycles. The van der Waals surface area contributed by atoms with Gasteiger partial charge in [-0.15, -0.1) is 0 Å². The van der Waals surface area contributed by atoms with E-state index in [0.717, 1.165) is 25.3 Å². The molecule has 0 amide bonds. The van der Waals surface area contributed by atoms with Gasteiger partial charge in [0.25, 0.3) is 0 Å². The zero-order valence-corrected chi connectivity index (χ0v) is 13.1. The van der Waals surface area contributed by atoms with Gasteiger partial charge in [-0.3, -0.25) is 4.98 Å². The largest absolute Gasteiger partial charge is 0.355 e. The molecule has 3 heterocycles. The van der Waals surface area contributed by atoms with Crippen molar-refractivity contribution < 1.29 is 0 Å². The van der Waals surface area contributed by atoms with Crippen LogP contribution in [0.15, 0.2) is 43.0 Å². The number of likely N-dealkylation sites (N-methyl/N-ethyl adjacent to an activating group) is 1. The first-order chi connectivity index (χ1) is 10.8. The molecule has 0 N–H and O–H groups in total. The molecule has 2 aromatic rings. The van der Waals surface area contributed by atoms with Gasteiger partial charge in [0, 0.05) is 50.7 Å². The Morgan fingerprint density at radius 1 is 1.23 bits per heavy atom. The third-order valence-electron chi connectivity index (χ3n) is 4.37. The van der Waals surface area contributed by atoms with Crippen molar-refractivity contribution in [2.45, 2.75) is 25.3 Å². The molecule has 1 aliphatic rings. The lowest BCUT2D eigenvalue weighted by molar-refractivity contribution is 0.207. The van der Waals surface area contributed by atoms with Crippen LogP contribution in [0.5, 0.6) is 0 Å². The second kappa shape index (κ2) is 7.31. The first-order valence-corrected chi connectivity index (χ1v) is 7.94. The summed E-state index contributed by atoms with van der Waals surface area (Å²) in [6.07, 6.45) is 8.78. The number of rotatable bonds is 5. The molecule has 3 rings (SSSR count). The van der Waals surface area contributed by atoms with E-state index in [1.807, 2.05) is 18.3 Å². The Hall–Kier alpha value is -2.01. The summed E-state index contributed by atoms with van der Waals surface area (Å²) in [5.74, 6) is 1.01. The van der Waals surface area contributed by atoms with Crippen molar-refractivity contribution in [1.29, 1.82) is 0 Å².